The fourth-order valence-electron chi connectivity index (χ4n) is 1.93. The number of hydrogen-bond acceptors (Lipinski definition) is 5. The van der Waals surface area contributed by atoms with E-state index >= 15 is 0 Å². The molecule has 0 aromatic heterocycles. The van der Waals surface area contributed by atoms with Crippen LogP contribution in [0.5, 0.6) is 0 Å². The van der Waals surface area contributed by atoms with Gasteiger partial charge in [-0.1, -0.05) is 5.16 Å². The van der Waals surface area contributed by atoms with E-state index in [2.05, 4.69) is 5.16 Å². The van der Waals surface area contributed by atoms with Gasteiger partial charge in [-0.2, -0.15) is 0 Å². The molecule has 0 amide bonds. The Labute approximate surface area is 123 Å². The lowest BCUT2D eigenvalue weighted by Crippen LogP contribution is -2.30. The molecular weight excluding hydrogens is 277 g/mol. The zero-order chi connectivity index (χ0) is 15.7. The van der Waals surface area contributed by atoms with Crippen LogP contribution in [-0.2, 0) is 9.47 Å². The van der Waals surface area contributed by atoms with Crippen molar-refractivity contribution < 1.29 is 19.1 Å². The molecule has 3 N–H and O–H groups in total. The maximum absolute atomic E-state index is 14.2. The number of oxime groups is 1. The van der Waals surface area contributed by atoms with Crippen molar-refractivity contribution in [1.82, 2.24) is 0 Å². The lowest BCUT2D eigenvalue weighted by atomic mass is 10.1. The predicted molar refractivity (Wildman–Crippen MR) is 79.5 cm³/mol. The van der Waals surface area contributed by atoms with Gasteiger partial charge >= 0.3 is 0 Å². The lowest BCUT2D eigenvalue weighted by Gasteiger charge is -2.25. The first-order chi connectivity index (χ1) is 10.1. The summed E-state index contributed by atoms with van der Waals surface area (Å²) in [5.41, 5.74) is 6.24. The van der Waals surface area contributed by atoms with Crippen LogP contribution in [0.4, 0.5) is 10.1 Å². The zero-order valence-corrected chi connectivity index (χ0v) is 12.4. The number of benzene rings is 1. The summed E-state index contributed by atoms with van der Waals surface area (Å²) >= 11 is 0. The highest BCUT2D eigenvalue weighted by Crippen LogP contribution is 2.21. The molecule has 7 heteroatoms. The van der Waals surface area contributed by atoms with Crippen molar-refractivity contribution in [3.8, 4) is 0 Å². The van der Waals surface area contributed by atoms with Gasteiger partial charge in [0.15, 0.2) is 5.84 Å². The van der Waals surface area contributed by atoms with Gasteiger partial charge in [0.05, 0.1) is 12.3 Å². The van der Waals surface area contributed by atoms with E-state index in [9.17, 15) is 4.39 Å². The van der Waals surface area contributed by atoms with E-state index in [-0.39, 0.29) is 5.84 Å². The number of nitrogens with zero attached hydrogens (tertiary/aromatic N) is 2. The quantitative estimate of drug-likeness (QED) is 0.237. The molecule has 1 aromatic rings. The number of nitrogens with two attached hydrogens (primary N) is 1. The molecule has 21 heavy (non-hydrogen) atoms. The fourth-order valence-corrected chi connectivity index (χ4v) is 1.93. The lowest BCUT2D eigenvalue weighted by molar-refractivity contribution is 0.191. The molecule has 0 aliphatic carbocycles. The van der Waals surface area contributed by atoms with Crippen molar-refractivity contribution >= 4 is 11.5 Å². The Morgan fingerprint density at radius 1 is 1.29 bits per heavy atom. The van der Waals surface area contributed by atoms with Crippen molar-refractivity contribution in [2.24, 2.45) is 10.9 Å². The molecule has 0 bridgehead atoms. The topological polar surface area (TPSA) is 80.3 Å². The summed E-state index contributed by atoms with van der Waals surface area (Å²) in [6.45, 7) is 2.32. The van der Waals surface area contributed by atoms with E-state index in [1.165, 1.54) is 6.07 Å². The maximum Gasteiger partial charge on any atom is 0.170 e. The minimum atomic E-state index is -0.424. The first kappa shape index (κ1) is 17.2. The smallest absolute Gasteiger partial charge is 0.170 e. The van der Waals surface area contributed by atoms with E-state index in [0.29, 0.717) is 37.6 Å². The second-order valence-corrected chi connectivity index (χ2v) is 4.48. The maximum atomic E-state index is 14.2. The molecule has 0 fully saturated rings. The normalized spacial score (nSPS) is 11.7. The van der Waals surface area contributed by atoms with Gasteiger partial charge in [-0.05, 0) is 24.6 Å². The molecule has 0 aliphatic rings. The van der Waals surface area contributed by atoms with E-state index < -0.39 is 5.82 Å². The monoisotopic (exact) mass is 299 g/mol. The Balaban J connectivity index is 2.90. The summed E-state index contributed by atoms with van der Waals surface area (Å²) in [5.74, 6) is -0.545. The Morgan fingerprint density at radius 2 is 2.00 bits per heavy atom. The third-order valence-electron chi connectivity index (χ3n) is 3.03. The third-order valence-corrected chi connectivity index (χ3v) is 3.03. The molecule has 1 rings (SSSR count). The summed E-state index contributed by atoms with van der Waals surface area (Å²) in [6.07, 6.45) is 0.779. The molecule has 0 saturated carbocycles. The van der Waals surface area contributed by atoms with Crippen LogP contribution in [0.15, 0.2) is 23.4 Å². The largest absolute Gasteiger partial charge is 0.409 e. The van der Waals surface area contributed by atoms with Crippen molar-refractivity contribution in [3.63, 3.8) is 0 Å². The molecule has 0 aliphatic heterocycles. The molecule has 0 heterocycles. The van der Waals surface area contributed by atoms with E-state index in [1.807, 2.05) is 4.90 Å². The Kier molecular flexibility index (Phi) is 7.49. The first-order valence-electron chi connectivity index (χ1n) is 6.64. The van der Waals surface area contributed by atoms with Crippen LogP contribution >= 0.6 is 0 Å². The number of amidine groups is 1. The molecule has 118 valence electrons. The van der Waals surface area contributed by atoms with Crippen LogP contribution in [0.25, 0.3) is 0 Å². The van der Waals surface area contributed by atoms with E-state index in [4.69, 9.17) is 20.4 Å². The van der Waals surface area contributed by atoms with Gasteiger partial charge < -0.3 is 25.3 Å². The molecule has 6 nitrogen and oxygen atoms in total. The van der Waals surface area contributed by atoms with E-state index in [0.717, 1.165) is 6.42 Å². The van der Waals surface area contributed by atoms with Crippen LogP contribution in [0.2, 0.25) is 0 Å². The molecule has 0 radical (unpaired) electrons. The Morgan fingerprint density at radius 3 is 2.57 bits per heavy atom. The van der Waals surface area contributed by atoms with Crippen LogP contribution in [0, 0.1) is 5.82 Å². The number of anilines is 1. The number of rotatable bonds is 9. The summed E-state index contributed by atoms with van der Waals surface area (Å²) in [6, 6.07) is 4.48. The fraction of sp³-hybridized carbons (Fsp3) is 0.500. The average molecular weight is 299 g/mol. The number of ether oxygens (including phenoxy) is 2. The minimum Gasteiger partial charge on any atom is -0.409 e. The third kappa shape index (κ3) is 5.20. The first-order valence-corrected chi connectivity index (χ1v) is 6.64. The molecule has 0 saturated heterocycles. The summed E-state index contributed by atoms with van der Waals surface area (Å²) in [5, 5.41) is 11.5. The SMILES string of the molecule is COCCCN(CCOC)c1ccc(C(N)=NO)cc1F. The molecular formula is C14H22FN3O3. The number of halogens is 1. The highest BCUT2D eigenvalue weighted by atomic mass is 19.1. The predicted octanol–water partition coefficient (Wildman–Crippen LogP) is 1.41. The molecule has 0 atom stereocenters. The summed E-state index contributed by atoms with van der Waals surface area (Å²) in [4.78, 5) is 1.88. The van der Waals surface area contributed by atoms with Crippen molar-refractivity contribution in [3.05, 3.63) is 29.6 Å². The van der Waals surface area contributed by atoms with Crippen molar-refractivity contribution in [2.75, 3.05) is 45.4 Å². The molecule has 1 aromatic carbocycles. The van der Waals surface area contributed by atoms with Gasteiger partial charge in [0, 0.05) is 39.5 Å². The van der Waals surface area contributed by atoms with Crippen LogP contribution in [0.1, 0.15) is 12.0 Å². The zero-order valence-electron chi connectivity index (χ0n) is 12.4. The van der Waals surface area contributed by atoms with Crippen molar-refractivity contribution in [1.29, 1.82) is 0 Å². The van der Waals surface area contributed by atoms with Gasteiger partial charge in [0.25, 0.3) is 0 Å². The van der Waals surface area contributed by atoms with Gasteiger partial charge in [0.2, 0.25) is 0 Å². The van der Waals surface area contributed by atoms with Crippen LogP contribution in [0.3, 0.4) is 0 Å². The molecule has 0 unspecified atom stereocenters. The average Bonchev–Trinajstić information content (AvgIpc) is 2.50. The number of hydrogen-bond donors (Lipinski definition) is 2. The van der Waals surface area contributed by atoms with Gasteiger partial charge in [-0.25, -0.2) is 4.39 Å². The second-order valence-electron chi connectivity index (χ2n) is 4.48. The summed E-state index contributed by atoms with van der Waals surface area (Å²) in [7, 11) is 3.23. The van der Waals surface area contributed by atoms with Gasteiger partial charge in [0.1, 0.15) is 5.82 Å². The standard InChI is InChI=1S/C14H22FN3O3/c1-20-8-3-6-18(7-9-21-2)13-5-4-11(10-12(13)15)14(16)17-19/h4-5,10,19H,3,6-9H2,1-2H3,(H2,16,17). The van der Waals surface area contributed by atoms with Crippen LogP contribution in [-0.4, -0.2) is 51.6 Å². The summed E-state index contributed by atoms with van der Waals surface area (Å²) < 4.78 is 24.3. The van der Waals surface area contributed by atoms with Crippen molar-refractivity contribution in [2.45, 2.75) is 6.42 Å². The minimum absolute atomic E-state index is 0.122. The molecule has 0 spiro atoms. The number of methoxy groups -OCH3 is 2. The van der Waals surface area contributed by atoms with Gasteiger partial charge in [-0.15, -0.1) is 0 Å². The van der Waals surface area contributed by atoms with E-state index in [1.54, 1.807) is 26.4 Å². The van der Waals surface area contributed by atoms with Crippen LogP contribution < -0.4 is 10.6 Å². The highest BCUT2D eigenvalue weighted by molar-refractivity contribution is 5.97. The highest BCUT2D eigenvalue weighted by Gasteiger charge is 2.13. The Hall–Kier alpha value is -1.86. The second kappa shape index (κ2) is 9.15. The Bertz CT molecular complexity index is 469. The van der Waals surface area contributed by atoms with Gasteiger partial charge in [-0.3, -0.25) is 0 Å².